The van der Waals surface area contributed by atoms with Crippen LogP contribution in [-0.4, -0.2) is 23.8 Å². The van der Waals surface area contributed by atoms with Gasteiger partial charge in [-0.2, -0.15) is 0 Å². The molecule has 5 heteroatoms. The highest BCUT2D eigenvalue weighted by Gasteiger charge is 2.06. The van der Waals surface area contributed by atoms with Crippen LogP contribution in [0.25, 0.3) is 11.0 Å². The van der Waals surface area contributed by atoms with Crippen molar-refractivity contribution in [2.45, 2.75) is 20.0 Å². The SMILES string of the molecule is CCn1cnc2cc(NCc3ccc(OC)cc3OC)ccc21. The Morgan fingerprint density at radius 2 is 1.96 bits per heavy atom. The lowest BCUT2D eigenvalue weighted by Crippen LogP contribution is -2.02. The number of anilines is 1. The van der Waals surface area contributed by atoms with Crippen LogP contribution in [-0.2, 0) is 13.1 Å². The minimum atomic E-state index is 0.674. The fraction of sp³-hybridized carbons (Fsp3) is 0.278. The summed E-state index contributed by atoms with van der Waals surface area (Å²) in [5.74, 6) is 1.60. The standard InChI is InChI=1S/C18H21N3O2/c1-4-21-12-20-16-9-14(6-8-17(16)21)19-11-13-5-7-15(22-2)10-18(13)23-3/h5-10,12,19H,4,11H2,1-3H3. The van der Waals surface area contributed by atoms with Gasteiger partial charge in [-0.15, -0.1) is 0 Å². The molecule has 0 unspecified atom stereocenters. The average molecular weight is 311 g/mol. The number of methoxy groups -OCH3 is 2. The molecule has 0 aliphatic rings. The van der Waals surface area contributed by atoms with E-state index in [1.54, 1.807) is 14.2 Å². The van der Waals surface area contributed by atoms with Crippen LogP contribution < -0.4 is 14.8 Å². The topological polar surface area (TPSA) is 48.3 Å². The van der Waals surface area contributed by atoms with Crippen molar-refractivity contribution in [2.24, 2.45) is 0 Å². The first kappa shape index (κ1) is 15.2. The maximum absolute atomic E-state index is 5.43. The van der Waals surface area contributed by atoms with Gasteiger partial charge in [0.15, 0.2) is 0 Å². The van der Waals surface area contributed by atoms with E-state index in [0.29, 0.717) is 6.54 Å². The summed E-state index contributed by atoms with van der Waals surface area (Å²) in [5.41, 5.74) is 4.27. The number of nitrogens with zero attached hydrogens (tertiary/aromatic N) is 2. The predicted molar refractivity (Wildman–Crippen MR) is 92.3 cm³/mol. The Morgan fingerprint density at radius 3 is 2.70 bits per heavy atom. The van der Waals surface area contributed by atoms with E-state index in [9.17, 15) is 0 Å². The number of aryl methyl sites for hydroxylation is 1. The molecule has 0 amide bonds. The highest BCUT2D eigenvalue weighted by atomic mass is 16.5. The lowest BCUT2D eigenvalue weighted by molar-refractivity contribution is 0.391. The summed E-state index contributed by atoms with van der Waals surface area (Å²) >= 11 is 0. The van der Waals surface area contributed by atoms with Crippen molar-refractivity contribution in [1.29, 1.82) is 0 Å². The second-order valence-corrected chi connectivity index (χ2v) is 5.27. The first-order valence-corrected chi connectivity index (χ1v) is 7.64. The number of hydrogen-bond acceptors (Lipinski definition) is 4. The monoisotopic (exact) mass is 311 g/mol. The van der Waals surface area contributed by atoms with Crippen LogP contribution in [0, 0.1) is 0 Å². The Balaban J connectivity index is 1.78. The highest BCUT2D eigenvalue weighted by Crippen LogP contribution is 2.26. The van der Waals surface area contributed by atoms with Gasteiger partial charge in [0.1, 0.15) is 11.5 Å². The molecule has 0 atom stereocenters. The van der Waals surface area contributed by atoms with Crippen LogP contribution in [0.4, 0.5) is 5.69 Å². The molecule has 2 aromatic carbocycles. The summed E-state index contributed by atoms with van der Waals surface area (Å²) in [5, 5.41) is 3.42. The molecule has 0 radical (unpaired) electrons. The normalized spacial score (nSPS) is 10.7. The number of benzene rings is 2. The van der Waals surface area contributed by atoms with Gasteiger partial charge in [0.25, 0.3) is 0 Å². The molecule has 0 spiro atoms. The molecule has 0 aliphatic carbocycles. The summed E-state index contributed by atoms with van der Waals surface area (Å²) in [4.78, 5) is 4.44. The van der Waals surface area contributed by atoms with Gasteiger partial charge in [0, 0.05) is 30.4 Å². The fourth-order valence-electron chi connectivity index (χ4n) is 2.62. The maximum atomic E-state index is 5.43. The summed E-state index contributed by atoms with van der Waals surface area (Å²) < 4.78 is 12.8. The lowest BCUT2D eigenvalue weighted by atomic mass is 10.2. The van der Waals surface area contributed by atoms with Crippen molar-refractivity contribution < 1.29 is 9.47 Å². The Bertz CT molecular complexity index is 811. The molecule has 3 aromatic rings. The second kappa shape index (κ2) is 6.60. The molecule has 1 aromatic heterocycles. The Hall–Kier alpha value is -2.69. The van der Waals surface area contributed by atoms with Gasteiger partial charge < -0.3 is 19.4 Å². The van der Waals surface area contributed by atoms with Crippen LogP contribution in [0.3, 0.4) is 0 Å². The van der Waals surface area contributed by atoms with Crippen LogP contribution in [0.15, 0.2) is 42.7 Å². The van der Waals surface area contributed by atoms with Gasteiger partial charge in [-0.25, -0.2) is 4.98 Å². The van der Waals surface area contributed by atoms with Crippen molar-refractivity contribution >= 4 is 16.7 Å². The van der Waals surface area contributed by atoms with E-state index in [1.807, 2.05) is 24.5 Å². The van der Waals surface area contributed by atoms with Gasteiger partial charge in [-0.3, -0.25) is 0 Å². The van der Waals surface area contributed by atoms with E-state index >= 15 is 0 Å². The molecule has 0 saturated heterocycles. The molecular weight excluding hydrogens is 290 g/mol. The van der Waals surface area contributed by atoms with E-state index < -0.39 is 0 Å². The summed E-state index contributed by atoms with van der Waals surface area (Å²) in [7, 11) is 3.32. The van der Waals surface area contributed by atoms with Crippen molar-refractivity contribution in [1.82, 2.24) is 9.55 Å². The second-order valence-electron chi connectivity index (χ2n) is 5.27. The molecular formula is C18H21N3O2. The summed E-state index contributed by atoms with van der Waals surface area (Å²) in [6, 6.07) is 12.1. The van der Waals surface area contributed by atoms with Crippen molar-refractivity contribution in [3.8, 4) is 11.5 Å². The third-order valence-electron chi connectivity index (χ3n) is 3.94. The zero-order valence-corrected chi connectivity index (χ0v) is 13.7. The molecule has 0 aliphatic heterocycles. The Kier molecular flexibility index (Phi) is 4.37. The molecule has 0 bridgehead atoms. The zero-order valence-electron chi connectivity index (χ0n) is 13.7. The molecule has 23 heavy (non-hydrogen) atoms. The zero-order chi connectivity index (χ0) is 16.2. The van der Waals surface area contributed by atoms with Crippen molar-refractivity contribution in [2.75, 3.05) is 19.5 Å². The van der Waals surface area contributed by atoms with Crippen LogP contribution >= 0.6 is 0 Å². The largest absolute Gasteiger partial charge is 0.497 e. The highest BCUT2D eigenvalue weighted by molar-refractivity contribution is 5.79. The number of fused-ring (bicyclic) bond motifs is 1. The predicted octanol–water partition coefficient (Wildman–Crippen LogP) is 3.69. The molecule has 5 nitrogen and oxygen atoms in total. The van der Waals surface area contributed by atoms with Gasteiger partial charge in [-0.1, -0.05) is 0 Å². The van der Waals surface area contributed by atoms with Crippen LogP contribution in [0.1, 0.15) is 12.5 Å². The molecule has 0 fully saturated rings. The Morgan fingerprint density at radius 1 is 1.09 bits per heavy atom. The molecule has 1 N–H and O–H groups in total. The summed E-state index contributed by atoms with van der Waals surface area (Å²) in [6.45, 7) is 3.71. The molecule has 0 saturated carbocycles. The number of hydrogen-bond donors (Lipinski definition) is 1. The lowest BCUT2D eigenvalue weighted by Gasteiger charge is -2.12. The number of rotatable bonds is 6. The molecule has 3 rings (SSSR count). The van der Waals surface area contributed by atoms with E-state index in [1.165, 1.54) is 0 Å². The van der Waals surface area contributed by atoms with E-state index in [-0.39, 0.29) is 0 Å². The van der Waals surface area contributed by atoms with Crippen LogP contribution in [0.2, 0.25) is 0 Å². The van der Waals surface area contributed by atoms with Gasteiger partial charge in [-0.05, 0) is 37.3 Å². The average Bonchev–Trinajstić information content (AvgIpc) is 3.02. The number of ether oxygens (including phenoxy) is 2. The minimum absolute atomic E-state index is 0.674. The first-order chi connectivity index (χ1) is 11.2. The quantitative estimate of drug-likeness (QED) is 0.754. The Labute approximate surface area is 135 Å². The van der Waals surface area contributed by atoms with Gasteiger partial charge >= 0.3 is 0 Å². The van der Waals surface area contributed by atoms with E-state index in [2.05, 4.69) is 40.0 Å². The van der Waals surface area contributed by atoms with E-state index in [0.717, 1.165) is 40.3 Å². The molecule has 120 valence electrons. The van der Waals surface area contributed by atoms with Crippen molar-refractivity contribution in [3.63, 3.8) is 0 Å². The fourth-order valence-corrected chi connectivity index (χ4v) is 2.62. The minimum Gasteiger partial charge on any atom is -0.497 e. The first-order valence-electron chi connectivity index (χ1n) is 7.64. The van der Waals surface area contributed by atoms with Gasteiger partial charge in [0.2, 0.25) is 0 Å². The van der Waals surface area contributed by atoms with Gasteiger partial charge in [0.05, 0.1) is 31.6 Å². The number of imidazole rings is 1. The third-order valence-corrected chi connectivity index (χ3v) is 3.94. The number of nitrogens with one attached hydrogen (secondary N) is 1. The van der Waals surface area contributed by atoms with Crippen molar-refractivity contribution in [3.05, 3.63) is 48.3 Å². The van der Waals surface area contributed by atoms with Crippen LogP contribution in [0.5, 0.6) is 11.5 Å². The third kappa shape index (κ3) is 3.08. The number of aromatic nitrogens is 2. The van der Waals surface area contributed by atoms with E-state index in [4.69, 9.17) is 9.47 Å². The molecule has 1 heterocycles. The maximum Gasteiger partial charge on any atom is 0.127 e. The summed E-state index contributed by atoms with van der Waals surface area (Å²) in [6.07, 6.45) is 1.88. The smallest absolute Gasteiger partial charge is 0.127 e.